The van der Waals surface area contributed by atoms with Crippen LogP contribution < -0.4 is 5.73 Å². The van der Waals surface area contributed by atoms with E-state index < -0.39 is 0 Å². The molecule has 2 N–H and O–H groups in total. The van der Waals surface area contributed by atoms with Crippen molar-refractivity contribution in [1.82, 2.24) is 14.9 Å². The number of hydrogen-bond acceptors (Lipinski definition) is 5. The summed E-state index contributed by atoms with van der Waals surface area (Å²) in [6.07, 6.45) is 2.68. The van der Waals surface area contributed by atoms with Crippen molar-refractivity contribution >= 4 is 33.3 Å². The molecule has 2 aromatic heterocycles. The Bertz CT molecular complexity index is 679. The number of rotatable bonds is 2. The predicted octanol–water partition coefficient (Wildman–Crippen LogP) is 2.40. The molecule has 0 saturated carbocycles. The highest BCUT2D eigenvalue weighted by atomic mass is 32.1. The molecule has 1 fully saturated rings. The summed E-state index contributed by atoms with van der Waals surface area (Å²) in [7, 11) is 0. The molecule has 3 rings (SSSR count). The quantitative estimate of drug-likeness (QED) is 0.922. The van der Waals surface area contributed by atoms with Gasteiger partial charge in [-0.2, -0.15) is 0 Å². The van der Waals surface area contributed by atoms with E-state index in [9.17, 15) is 4.79 Å². The predicted molar refractivity (Wildman–Crippen MR) is 80.6 cm³/mol. The first kappa shape index (κ1) is 13.3. The zero-order valence-electron chi connectivity index (χ0n) is 11.8. The Hall–Kier alpha value is -1.69. The molecule has 0 bridgehead atoms. The number of likely N-dealkylation sites (tertiary alicyclic amines) is 1. The molecule has 0 radical (unpaired) electrons. The van der Waals surface area contributed by atoms with Crippen molar-refractivity contribution in [2.75, 3.05) is 12.3 Å². The van der Waals surface area contributed by atoms with Crippen LogP contribution in [0.3, 0.4) is 0 Å². The zero-order valence-corrected chi connectivity index (χ0v) is 12.6. The molecule has 106 valence electrons. The van der Waals surface area contributed by atoms with E-state index in [-0.39, 0.29) is 5.91 Å². The number of nitrogen functional groups attached to an aromatic ring is 1. The Balaban J connectivity index is 1.94. The van der Waals surface area contributed by atoms with Crippen LogP contribution in [0.25, 0.3) is 10.2 Å². The fourth-order valence-electron chi connectivity index (χ4n) is 2.60. The number of fused-ring (bicyclic) bond motifs is 1. The Morgan fingerprint density at radius 3 is 2.85 bits per heavy atom. The van der Waals surface area contributed by atoms with Crippen LogP contribution in [-0.2, 0) is 11.3 Å². The van der Waals surface area contributed by atoms with Gasteiger partial charge in [-0.05, 0) is 32.3 Å². The van der Waals surface area contributed by atoms with Crippen LogP contribution in [0.5, 0.6) is 0 Å². The Morgan fingerprint density at radius 1 is 1.30 bits per heavy atom. The van der Waals surface area contributed by atoms with E-state index in [2.05, 4.69) is 16.9 Å². The summed E-state index contributed by atoms with van der Waals surface area (Å²) < 4.78 is 0. The van der Waals surface area contributed by atoms with Gasteiger partial charge in [-0.25, -0.2) is 9.97 Å². The molecule has 0 atom stereocenters. The number of carbonyl (C=O) groups is 1. The molecule has 0 unspecified atom stereocenters. The van der Waals surface area contributed by atoms with E-state index >= 15 is 0 Å². The van der Waals surface area contributed by atoms with Crippen molar-refractivity contribution in [2.24, 2.45) is 0 Å². The molecule has 3 heterocycles. The number of anilines is 1. The van der Waals surface area contributed by atoms with Gasteiger partial charge in [-0.3, -0.25) is 4.79 Å². The fourth-order valence-corrected chi connectivity index (χ4v) is 3.65. The van der Waals surface area contributed by atoms with E-state index in [1.54, 1.807) is 11.3 Å². The maximum absolute atomic E-state index is 11.8. The molecule has 1 saturated heterocycles. The minimum absolute atomic E-state index is 0.192. The summed E-state index contributed by atoms with van der Waals surface area (Å²) in [4.78, 5) is 24.8. The summed E-state index contributed by atoms with van der Waals surface area (Å²) in [5.41, 5.74) is 7.22. The summed E-state index contributed by atoms with van der Waals surface area (Å²) in [6.45, 7) is 5.37. The van der Waals surface area contributed by atoms with Crippen LogP contribution in [0.15, 0.2) is 0 Å². The maximum Gasteiger partial charge on any atom is 0.222 e. The van der Waals surface area contributed by atoms with Gasteiger partial charge in [0.1, 0.15) is 10.6 Å². The molecule has 6 heteroatoms. The minimum atomic E-state index is 0.192. The SMILES string of the molecule is Cc1sc2nc(CN3CCCCC3=O)nc(N)c2c1C. The third kappa shape index (κ3) is 2.24. The summed E-state index contributed by atoms with van der Waals surface area (Å²) in [6, 6.07) is 0. The molecular weight excluding hydrogens is 272 g/mol. The average Bonchev–Trinajstić information content (AvgIpc) is 2.68. The van der Waals surface area contributed by atoms with Gasteiger partial charge < -0.3 is 10.6 Å². The smallest absolute Gasteiger partial charge is 0.222 e. The van der Waals surface area contributed by atoms with Gasteiger partial charge >= 0.3 is 0 Å². The third-order valence-corrected chi connectivity index (χ3v) is 4.96. The monoisotopic (exact) mass is 290 g/mol. The molecule has 0 aromatic carbocycles. The topological polar surface area (TPSA) is 72.1 Å². The molecule has 2 aromatic rings. The first-order valence-electron chi connectivity index (χ1n) is 6.86. The largest absolute Gasteiger partial charge is 0.383 e. The van der Waals surface area contributed by atoms with Crippen LogP contribution in [0.1, 0.15) is 35.5 Å². The van der Waals surface area contributed by atoms with Crippen LogP contribution >= 0.6 is 11.3 Å². The lowest BCUT2D eigenvalue weighted by Crippen LogP contribution is -2.35. The minimum Gasteiger partial charge on any atom is -0.383 e. The molecular formula is C14H18N4OS. The number of nitrogens with zero attached hydrogens (tertiary/aromatic N) is 3. The number of thiophene rings is 1. The van der Waals surface area contributed by atoms with Gasteiger partial charge in [0.15, 0.2) is 5.82 Å². The van der Waals surface area contributed by atoms with Crippen molar-refractivity contribution < 1.29 is 4.79 Å². The molecule has 1 amide bonds. The number of hydrogen-bond donors (Lipinski definition) is 1. The zero-order chi connectivity index (χ0) is 14.3. The van der Waals surface area contributed by atoms with Crippen molar-refractivity contribution in [3.63, 3.8) is 0 Å². The van der Waals surface area contributed by atoms with Gasteiger partial charge in [0.05, 0.1) is 11.9 Å². The standard InChI is InChI=1S/C14H18N4OS/c1-8-9(2)20-14-12(8)13(15)16-10(17-14)7-18-6-4-3-5-11(18)19/h3-7H2,1-2H3,(H2,15,16,17). The van der Waals surface area contributed by atoms with E-state index in [0.717, 1.165) is 35.2 Å². The average molecular weight is 290 g/mol. The first-order chi connectivity index (χ1) is 9.56. The molecule has 20 heavy (non-hydrogen) atoms. The lowest BCUT2D eigenvalue weighted by atomic mass is 10.1. The van der Waals surface area contributed by atoms with Crippen molar-refractivity contribution in [2.45, 2.75) is 39.7 Å². The Morgan fingerprint density at radius 2 is 2.10 bits per heavy atom. The van der Waals surface area contributed by atoms with Crippen LogP contribution in [0, 0.1) is 13.8 Å². The van der Waals surface area contributed by atoms with Crippen molar-refractivity contribution in [3.8, 4) is 0 Å². The lowest BCUT2D eigenvalue weighted by molar-refractivity contribution is -0.134. The highest BCUT2D eigenvalue weighted by molar-refractivity contribution is 7.18. The molecule has 0 aliphatic carbocycles. The van der Waals surface area contributed by atoms with Gasteiger partial charge in [0.25, 0.3) is 0 Å². The normalized spacial score (nSPS) is 16.1. The van der Waals surface area contributed by atoms with E-state index in [0.29, 0.717) is 24.6 Å². The number of carbonyl (C=O) groups excluding carboxylic acids is 1. The van der Waals surface area contributed by atoms with Gasteiger partial charge in [-0.15, -0.1) is 11.3 Å². The van der Waals surface area contributed by atoms with Gasteiger partial charge in [-0.1, -0.05) is 0 Å². The summed E-state index contributed by atoms with van der Waals surface area (Å²) in [5.74, 6) is 1.36. The number of aryl methyl sites for hydroxylation is 2. The second-order valence-corrected chi connectivity index (χ2v) is 6.46. The second kappa shape index (κ2) is 5.01. The maximum atomic E-state index is 11.8. The number of amides is 1. The second-order valence-electron chi connectivity index (χ2n) is 5.26. The number of piperidine rings is 1. The van der Waals surface area contributed by atoms with E-state index in [4.69, 9.17) is 5.73 Å². The van der Waals surface area contributed by atoms with Crippen molar-refractivity contribution in [3.05, 3.63) is 16.3 Å². The number of nitrogens with two attached hydrogens (primary N) is 1. The molecule has 0 spiro atoms. The first-order valence-corrected chi connectivity index (χ1v) is 7.68. The summed E-state index contributed by atoms with van der Waals surface area (Å²) >= 11 is 1.64. The highest BCUT2D eigenvalue weighted by Gasteiger charge is 2.20. The van der Waals surface area contributed by atoms with Crippen LogP contribution in [0.2, 0.25) is 0 Å². The van der Waals surface area contributed by atoms with Crippen molar-refractivity contribution in [1.29, 1.82) is 0 Å². The van der Waals surface area contributed by atoms with E-state index in [1.165, 1.54) is 4.88 Å². The van der Waals surface area contributed by atoms with Gasteiger partial charge in [0.2, 0.25) is 5.91 Å². The number of aromatic nitrogens is 2. The fraction of sp³-hybridized carbons (Fsp3) is 0.500. The lowest BCUT2D eigenvalue weighted by Gasteiger charge is -2.25. The van der Waals surface area contributed by atoms with Crippen LogP contribution in [0.4, 0.5) is 5.82 Å². The molecule has 1 aliphatic rings. The molecule has 5 nitrogen and oxygen atoms in total. The molecule has 1 aliphatic heterocycles. The summed E-state index contributed by atoms with van der Waals surface area (Å²) in [5, 5.41) is 0.959. The Kier molecular flexibility index (Phi) is 3.33. The van der Waals surface area contributed by atoms with Crippen LogP contribution in [-0.4, -0.2) is 27.3 Å². The van der Waals surface area contributed by atoms with Gasteiger partial charge in [0, 0.05) is 17.8 Å². The highest BCUT2D eigenvalue weighted by Crippen LogP contribution is 2.32. The Labute approximate surface area is 121 Å². The third-order valence-electron chi connectivity index (χ3n) is 3.86. The van der Waals surface area contributed by atoms with E-state index in [1.807, 2.05) is 11.8 Å².